The van der Waals surface area contributed by atoms with Crippen LogP contribution >= 0.6 is 22.9 Å². The van der Waals surface area contributed by atoms with Gasteiger partial charge in [0, 0.05) is 29.5 Å². The Bertz CT molecular complexity index is 729. The van der Waals surface area contributed by atoms with E-state index < -0.39 is 10.0 Å². The maximum atomic E-state index is 12.2. The van der Waals surface area contributed by atoms with Crippen LogP contribution in [0.2, 0.25) is 5.02 Å². The third-order valence-corrected chi connectivity index (χ3v) is 5.75. The van der Waals surface area contributed by atoms with Crippen molar-refractivity contribution in [3.8, 4) is 0 Å². The van der Waals surface area contributed by atoms with Crippen LogP contribution in [0.1, 0.15) is 16.7 Å². The summed E-state index contributed by atoms with van der Waals surface area (Å²) < 4.78 is 27.0. The fourth-order valence-electron chi connectivity index (χ4n) is 1.71. The number of hydrogen-bond acceptors (Lipinski definition) is 5. The molecule has 0 amide bonds. The van der Waals surface area contributed by atoms with E-state index in [1.54, 1.807) is 18.4 Å². The number of anilines is 1. The summed E-state index contributed by atoms with van der Waals surface area (Å²) in [5, 5.41) is 3.05. The molecule has 2 rings (SSSR count). The highest BCUT2D eigenvalue weighted by Gasteiger charge is 2.16. The van der Waals surface area contributed by atoms with Gasteiger partial charge in [-0.2, -0.15) is 0 Å². The average molecular weight is 346 g/mol. The molecule has 0 saturated carbocycles. The van der Waals surface area contributed by atoms with E-state index >= 15 is 0 Å². The molecule has 5 nitrogen and oxygen atoms in total. The molecule has 0 spiro atoms. The van der Waals surface area contributed by atoms with Crippen molar-refractivity contribution in [2.45, 2.75) is 24.8 Å². The molecule has 2 heterocycles. The van der Waals surface area contributed by atoms with Crippen molar-refractivity contribution in [2.24, 2.45) is 0 Å². The summed E-state index contributed by atoms with van der Waals surface area (Å²) in [5.74, 6) is 0.446. The zero-order valence-electron chi connectivity index (χ0n) is 11.7. The summed E-state index contributed by atoms with van der Waals surface area (Å²) in [6.07, 6.45) is 2.23. The Kier molecular flexibility index (Phi) is 5.21. The number of rotatable bonds is 6. The zero-order chi connectivity index (χ0) is 15.5. The van der Waals surface area contributed by atoms with Gasteiger partial charge in [-0.05, 0) is 24.6 Å². The van der Waals surface area contributed by atoms with E-state index in [0.29, 0.717) is 5.82 Å². The van der Waals surface area contributed by atoms with Crippen molar-refractivity contribution < 1.29 is 8.42 Å². The molecule has 2 aromatic heterocycles. The molecular formula is C13H16ClN3O2S2. The van der Waals surface area contributed by atoms with E-state index in [1.807, 2.05) is 12.1 Å². The lowest BCUT2D eigenvalue weighted by Crippen LogP contribution is -2.23. The third-order valence-electron chi connectivity index (χ3n) is 2.87. The maximum absolute atomic E-state index is 12.2. The van der Waals surface area contributed by atoms with Crippen LogP contribution in [0.25, 0.3) is 0 Å². The fraction of sp³-hybridized carbons (Fsp3) is 0.308. The Labute approximate surface area is 133 Å². The van der Waals surface area contributed by atoms with Crippen LogP contribution < -0.4 is 10.0 Å². The molecule has 0 saturated heterocycles. The summed E-state index contributed by atoms with van der Waals surface area (Å²) in [6.45, 7) is 2.33. The Balaban J connectivity index is 2.12. The number of aryl methyl sites for hydroxylation is 1. The first-order valence-corrected chi connectivity index (χ1v) is 9.04. The molecule has 0 bridgehead atoms. The van der Waals surface area contributed by atoms with Gasteiger partial charge in [0.1, 0.15) is 10.7 Å². The maximum Gasteiger partial charge on any atom is 0.242 e. The van der Waals surface area contributed by atoms with Crippen LogP contribution in [0, 0.1) is 0 Å². The van der Waals surface area contributed by atoms with Crippen LogP contribution in [-0.4, -0.2) is 20.4 Å². The predicted octanol–water partition coefficient (Wildman–Crippen LogP) is 2.88. The largest absolute Gasteiger partial charge is 0.372 e. The monoisotopic (exact) mass is 345 g/mol. The van der Waals surface area contributed by atoms with E-state index in [9.17, 15) is 8.42 Å². The first-order chi connectivity index (χ1) is 9.96. The molecule has 0 radical (unpaired) electrons. The number of thiophene rings is 1. The first kappa shape index (κ1) is 16.2. The van der Waals surface area contributed by atoms with Crippen LogP contribution in [0.15, 0.2) is 29.3 Å². The van der Waals surface area contributed by atoms with E-state index in [2.05, 4.69) is 21.9 Å². The molecule has 0 atom stereocenters. The smallest absolute Gasteiger partial charge is 0.242 e. The van der Waals surface area contributed by atoms with E-state index in [1.165, 1.54) is 17.1 Å². The summed E-state index contributed by atoms with van der Waals surface area (Å²) in [7, 11) is -1.95. The zero-order valence-corrected chi connectivity index (χ0v) is 14.1. The minimum atomic E-state index is -3.62. The van der Waals surface area contributed by atoms with E-state index in [0.717, 1.165) is 11.3 Å². The van der Waals surface area contributed by atoms with Crippen LogP contribution in [-0.2, 0) is 23.0 Å². The minimum absolute atomic E-state index is 0.0544. The van der Waals surface area contributed by atoms with Crippen molar-refractivity contribution in [3.63, 3.8) is 0 Å². The van der Waals surface area contributed by atoms with Crippen LogP contribution in [0.3, 0.4) is 0 Å². The molecule has 2 aromatic rings. The molecule has 2 N–H and O–H groups in total. The van der Waals surface area contributed by atoms with Crippen molar-refractivity contribution >= 4 is 38.8 Å². The second-order valence-corrected chi connectivity index (χ2v) is 7.72. The normalized spacial score (nSPS) is 11.6. The average Bonchev–Trinajstić information content (AvgIpc) is 2.93. The molecule has 21 heavy (non-hydrogen) atoms. The molecular weight excluding hydrogens is 330 g/mol. The van der Waals surface area contributed by atoms with Gasteiger partial charge in [0.15, 0.2) is 0 Å². The van der Waals surface area contributed by atoms with Crippen molar-refractivity contribution in [1.29, 1.82) is 0 Å². The van der Waals surface area contributed by atoms with Gasteiger partial charge in [-0.1, -0.05) is 18.5 Å². The summed E-state index contributed by atoms with van der Waals surface area (Å²) in [4.78, 5) is 6.23. The van der Waals surface area contributed by atoms with Crippen LogP contribution in [0.5, 0.6) is 0 Å². The Morgan fingerprint density at radius 2 is 2.05 bits per heavy atom. The highest BCUT2D eigenvalue weighted by molar-refractivity contribution is 7.89. The first-order valence-electron chi connectivity index (χ1n) is 6.37. The van der Waals surface area contributed by atoms with Gasteiger partial charge >= 0.3 is 0 Å². The van der Waals surface area contributed by atoms with Crippen molar-refractivity contribution in [1.82, 2.24) is 9.71 Å². The molecule has 8 heteroatoms. The lowest BCUT2D eigenvalue weighted by Gasteiger charge is -2.07. The SMILES string of the molecule is CCc1ccc(CNS(=O)(=O)c2cnc(NC)c(Cl)c2)s1. The van der Waals surface area contributed by atoms with Gasteiger partial charge < -0.3 is 5.32 Å². The lowest BCUT2D eigenvalue weighted by atomic mass is 10.4. The molecule has 0 aliphatic rings. The van der Waals surface area contributed by atoms with Crippen molar-refractivity contribution in [2.75, 3.05) is 12.4 Å². The second-order valence-electron chi connectivity index (χ2n) is 4.30. The number of pyridine rings is 1. The van der Waals surface area contributed by atoms with Gasteiger partial charge in [-0.3, -0.25) is 0 Å². The van der Waals surface area contributed by atoms with Crippen molar-refractivity contribution in [3.05, 3.63) is 39.2 Å². The van der Waals surface area contributed by atoms with E-state index in [-0.39, 0.29) is 16.5 Å². The topological polar surface area (TPSA) is 71.1 Å². The van der Waals surface area contributed by atoms with Gasteiger partial charge in [-0.15, -0.1) is 11.3 Å². The molecule has 0 aliphatic carbocycles. The second kappa shape index (κ2) is 6.74. The number of aromatic nitrogens is 1. The molecule has 0 aromatic carbocycles. The standard InChI is InChI=1S/C13H16ClN3O2S2/c1-3-9-4-5-10(20-9)7-17-21(18,19)11-6-12(14)13(15-2)16-8-11/h4-6,8,17H,3,7H2,1-2H3,(H,15,16). The molecule has 0 unspecified atom stereocenters. The van der Waals surface area contributed by atoms with Gasteiger partial charge in [0.05, 0.1) is 5.02 Å². The fourth-order valence-corrected chi connectivity index (χ4v) is 4.00. The minimum Gasteiger partial charge on any atom is -0.372 e. The highest BCUT2D eigenvalue weighted by Crippen LogP contribution is 2.22. The number of nitrogens with zero attached hydrogens (tertiary/aromatic N) is 1. The lowest BCUT2D eigenvalue weighted by molar-refractivity contribution is 0.581. The van der Waals surface area contributed by atoms with Gasteiger partial charge in [0.25, 0.3) is 0 Å². The van der Waals surface area contributed by atoms with E-state index in [4.69, 9.17) is 11.6 Å². The molecule has 114 valence electrons. The number of nitrogens with one attached hydrogen (secondary N) is 2. The number of sulfonamides is 1. The summed E-state index contributed by atoms with van der Waals surface area (Å²) in [5.41, 5.74) is 0. The molecule has 0 aliphatic heterocycles. The third kappa shape index (κ3) is 3.94. The Morgan fingerprint density at radius 3 is 2.62 bits per heavy atom. The number of hydrogen-bond donors (Lipinski definition) is 2. The molecule has 0 fully saturated rings. The predicted molar refractivity (Wildman–Crippen MR) is 86.5 cm³/mol. The summed E-state index contributed by atoms with van der Waals surface area (Å²) in [6, 6.07) is 5.32. The Morgan fingerprint density at radius 1 is 1.33 bits per heavy atom. The van der Waals surface area contributed by atoms with Gasteiger partial charge in [0.2, 0.25) is 10.0 Å². The highest BCUT2D eigenvalue weighted by atomic mass is 35.5. The number of halogens is 1. The quantitative estimate of drug-likeness (QED) is 0.844. The van der Waals surface area contributed by atoms with Gasteiger partial charge in [-0.25, -0.2) is 18.1 Å². The Hall–Kier alpha value is -1.15. The van der Waals surface area contributed by atoms with Crippen LogP contribution in [0.4, 0.5) is 5.82 Å². The summed E-state index contributed by atoms with van der Waals surface area (Å²) >= 11 is 7.56.